The number of carbonyl (C=O) groups is 2. The van der Waals surface area contributed by atoms with Crippen molar-refractivity contribution < 1.29 is 19.1 Å². The maximum atomic E-state index is 12.8. The molecule has 6 nitrogen and oxygen atoms in total. The van der Waals surface area contributed by atoms with Crippen molar-refractivity contribution >= 4 is 29.3 Å². The summed E-state index contributed by atoms with van der Waals surface area (Å²) in [5.74, 6) is 0.894. The lowest BCUT2D eigenvalue weighted by Gasteiger charge is -2.11. The molecule has 0 aliphatic carbocycles. The topological polar surface area (TPSA) is 76.7 Å². The van der Waals surface area contributed by atoms with Gasteiger partial charge in [-0.1, -0.05) is 24.3 Å². The zero-order valence-corrected chi connectivity index (χ0v) is 17.1. The Morgan fingerprint density at radius 2 is 1.87 bits per heavy atom. The van der Waals surface area contributed by atoms with Crippen LogP contribution in [-0.2, 0) is 11.2 Å². The minimum absolute atomic E-state index is 0.321. The molecule has 156 valence electrons. The van der Waals surface area contributed by atoms with Gasteiger partial charge in [0, 0.05) is 24.3 Å². The zero-order valence-electron chi connectivity index (χ0n) is 17.1. The van der Waals surface area contributed by atoms with Crippen LogP contribution < -0.4 is 20.1 Å². The second-order valence-electron chi connectivity index (χ2n) is 7.02. The quantitative estimate of drug-likeness (QED) is 0.581. The van der Waals surface area contributed by atoms with E-state index in [0.717, 1.165) is 23.3 Å². The molecule has 0 fully saturated rings. The summed E-state index contributed by atoms with van der Waals surface area (Å²) in [6.07, 6.45) is 4.07. The number of ether oxygens (including phenoxy) is 2. The molecule has 0 saturated carbocycles. The summed E-state index contributed by atoms with van der Waals surface area (Å²) >= 11 is 0. The molecule has 0 bridgehead atoms. The molecule has 1 aliphatic rings. The average Bonchev–Trinajstić information content (AvgIpc) is 3.26. The Morgan fingerprint density at radius 1 is 1.00 bits per heavy atom. The maximum absolute atomic E-state index is 12.8. The number of methoxy groups -OCH3 is 1. The minimum Gasteiger partial charge on any atom is -0.497 e. The van der Waals surface area contributed by atoms with Gasteiger partial charge in [-0.15, -0.1) is 0 Å². The molecule has 0 spiro atoms. The fourth-order valence-corrected chi connectivity index (χ4v) is 3.35. The fourth-order valence-electron chi connectivity index (χ4n) is 3.35. The smallest absolute Gasteiger partial charge is 0.257 e. The lowest BCUT2D eigenvalue weighted by Crippen LogP contribution is -2.17. The molecule has 0 atom stereocenters. The van der Waals surface area contributed by atoms with Gasteiger partial charge in [-0.3, -0.25) is 9.59 Å². The van der Waals surface area contributed by atoms with Crippen LogP contribution in [0, 0.1) is 0 Å². The van der Waals surface area contributed by atoms with Crippen LogP contribution in [-0.4, -0.2) is 25.5 Å². The number of para-hydroxylation sites is 1. The van der Waals surface area contributed by atoms with Crippen LogP contribution in [0.2, 0.25) is 0 Å². The van der Waals surface area contributed by atoms with Gasteiger partial charge in [0.2, 0.25) is 5.91 Å². The van der Waals surface area contributed by atoms with Gasteiger partial charge in [0.05, 0.1) is 25.0 Å². The third kappa shape index (κ3) is 4.93. The lowest BCUT2D eigenvalue weighted by atomic mass is 10.1. The highest BCUT2D eigenvalue weighted by molar-refractivity contribution is 6.11. The molecule has 6 heteroatoms. The Bertz CT molecular complexity index is 1150. The third-order valence-corrected chi connectivity index (χ3v) is 4.90. The van der Waals surface area contributed by atoms with Gasteiger partial charge in [-0.2, -0.15) is 0 Å². The number of hydrogen-bond donors (Lipinski definition) is 2. The molecule has 4 rings (SSSR count). The van der Waals surface area contributed by atoms with E-state index in [9.17, 15) is 9.59 Å². The number of carbonyl (C=O) groups excluding carboxylic acids is 2. The zero-order chi connectivity index (χ0) is 21.6. The van der Waals surface area contributed by atoms with Crippen molar-refractivity contribution in [1.82, 2.24) is 0 Å². The summed E-state index contributed by atoms with van der Waals surface area (Å²) in [4.78, 5) is 25.2. The van der Waals surface area contributed by atoms with Crippen LogP contribution in [0.5, 0.6) is 11.5 Å². The van der Waals surface area contributed by atoms with Crippen molar-refractivity contribution in [2.75, 3.05) is 24.4 Å². The van der Waals surface area contributed by atoms with Gasteiger partial charge in [-0.25, -0.2) is 0 Å². The van der Waals surface area contributed by atoms with Crippen molar-refractivity contribution in [1.29, 1.82) is 0 Å². The van der Waals surface area contributed by atoms with Gasteiger partial charge in [0.15, 0.2) is 0 Å². The highest BCUT2D eigenvalue weighted by atomic mass is 16.5. The summed E-state index contributed by atoms with van der Waals surface area (Å²) in [5, 5.41) is 5.61. The summed E-state index contributed by atoms with van der Waals surface area (Å²) in [5.41, 5.74) is 3.46. The fraction of sp³-hybridized carbons (Fsp3) is 0.120. The largest absolute Gasteiger partial charge is 0.497 e. The van der Waals surface area contributed by atoms with Gasteiger partial charge in [-0.05, 0) is 53.6 Å². The average molecular weight is 414 g/mol. The predicted octanol–water partition coefficient (Wildman–Crippen LogP) is 4.53. The Labute approximate surface area is 180 Å². The summed E-state index contributed by atoms with van der Waals surface area (Å²) in [6.45, 7) is 0.692. The van der Waals surface area contributed by atoms with Crippen LogP contribution in [0.15, 0.2) is 72.8 Å². The first-order valence-electron chi connectivity index (χ1n) is 9.91. The minimum atomic E-state index is -0.327. The maximum Gasteiger partial charge on any atom is 0.257 e. The first-order chi connectivity index (χ1) is 15.1. The van der Waals surface area contributed by atoms with Crippen LogP contribution in [0.25, 0.3) is 6.08 Å². The molecule has 0 saturated heterocycles. The number of rotatable bonds is 6. The van der Waals surface area contributed by atoms with Crippen LogP contribution >= 0.6 is 0 Å². The van der Waals surface area contributed by atoms with Gasteiger partial charge in [0.25, 0.3) is 5.91 Å². The predicted molar refractivity (Wildman–Crippen MR) is 121 cm³/mol. The van der Waals surface area contributed by atoms with Gasteiger partial charge >= 0.3 is 0 Å². The highest BCUT2D eigenvalue weighted by Crippen LogP contribution is 2.26. The van der Waals surface area contributed by atoms with E-state index in [1.807, 2.05) is 18.2 Å². The first-order valence-corrected chi connectivity index (χ1v) is 9.91. The number of nitrogens with one attached hydrogen (secondary N) is 2. The first kappa shape index (κ1) is 20.2. The molecule has 0 radical (unpaired) electrons. The Morgan fingerprint density at radius 3 is 2.74 bits per heavy atom. The monoisotopic (exact) mass is 414 g/mol. The lowest BCUT2D eigenvalue weighted by molar-refractivity contribution is -0.111. The van der Waals surface area contributed by atoms with Crippen molar-refractivity contribution in [2.24, 2.45) is 0 Å². The molecule has 2 amide bonds. The molecule has 3 aromatic rings. The van der Waals surface area contributed by atoms with E-state index in [-0.39, 0.29) is 11.8 Å². The number of amides is 2. The highest BCUT2D eigenvalue weighted by Gasteiger charge is 2.14. The number of hydrogen-bond acceptors (Lipinski definition) is 4. The van der Waals surface area contributed by atoms with E-state index < -0.39 is 0 Å². The molecular formula is C25H22N2O4. The van der Waals surface area contributed by atoms with Crippen LogP contribution in [0.1, 0.15) is 21.5 Å². The van der Waals surface area contributed by atoms with Crippen molar-refractivity contribution in [3.63, 3.8) is 0 Å². The van der Waals surface area contributed by atoms with E-state index in [1.54, 1.807) is 61.7 Å². The summed E-state index contributed by atoms with van der Waals surface area (Å²) in [7, 11) is 1.57. The van der Waals surface area contributed by atoms with E-state index in [0.29, 0.717) is 29.3 Å². The van der Waals surface area contributed by atoms with Crippen molar-refractivity contribution in [2.45, 2.75) is 6.42 Å². The van der Waals surface area contributed by atoms with E-state index in [4.69, 9.17) is 9.47 Å². The molecule has 0 unspecified atom stereocenters. The second kappa shape index (κ2) is 9.17. The molecule has 1 heterocycles. The molecule has 31 heavy (non-hydrogen) atoms. The Hall–Kier alpha value is -4.06. The van der Waals surface area contributed by atoms with E-state index in [1.165, 1.54) is 6.08 Å². The molecule has 2 N–H and O–H groups in total. The number of fused-ring (bicyclic) bond motifs is 1. The number of anilines is 2. The normalized spacial score (nSPS) is 12.2. The Balaban J connectivity index is 1.45. The summed E-state index contributed by atoms with van der Waals surface area (Å²) in [6, 6.07) is 19.8. The van der Waals surface area contributed by atoms with Crippen molar-refractivity contribution in [3.05, 3.63) is 89.5 Å². The molecule has 1 aliphatic heterocycles. The second-order valence-corrected chi connectivity index (χ2v) is 7.02. The van der Waals surface area contributed by atoms with E-state index >= 15 is 0 Å². The molecule has 3 aromatic carbocycles. The van der Waals surface area contributed by atoms with Crippen molar-refractivity contribution in [3.8, 4) is 11.5 Å². The Kier molecular flexibility index (Phi) is 5.98. The van der Waals surface area contributed by atoms with Crippen LogP contribution in [0.4, 0.5) is 11.4 Å². The van der Waals surface area contributed by atoms with Gasteiger partial charge in [0.1, 0.15) is 11.5 Å². The SMILES string of the molecule is COc1cccc(NC(=O)c2ccccc2NC(=O)/C=C/c2ccc3c(c2)CCO3)c1. The third-order valence-electron chi connectivity index (χ3n) is 4.90. The number of benzene rings is 3. The van der Waals surface area contributed by atoms with Crippen LogP contribution in [0.3, 0.4) is 0 Å². The standard InChI is InChI=1S/C25H22N2O4/c1-30-20-6-4-5-19(16-20)26-25(29)21-7-2-3-8-22(21)27-24(28)12-10-17-9-11-23-18(15-17)13-14-31-23/h2-12,15-16H,13-14H2,1H3,(H,26,29)(H,27,28)/b12-10+. The van der Waals surface area contributed by atoms with Gasteiger partial charge < -0.3 is 20.1 Å². The molecule has 0 aromatic heterocycles. The van der Waals surface area contributed by atoms with E-state index in [2.05, 4.69) is 10.6 Å². The molecular weight excluding hydrogens is 392 g/mol. The summed E-state index contributed by atoms with van der Waals surface area (Å²) < 4.78 is 10.7.